The molecule has 1 atom stereocenters. The number of nitrogens with zero attached hydrogens (tertiary/aromatic N) is 1. The van der Waals surface area contributed by atoms with Gasteiger partial charge in [0, 0.05) is 24.0 Å². The van der Waals surface area contributed by atoms with Crippen molar-refractivity contribution in [2.45, 2.75) is 91.6 Å². The number of benzene rings is 2. The molecule has 0 radical (unpaired) electrons. The zero-order valence-corrected chi connectivity index (χ0v) is 24.5. The predicted molar refractivity (Wildman–Crippen MR) is 157 cm³/mol. The topological polar surface area (TPSA) is 38.8 Å². The number of anilines is 1. The number of hydrogen-bond acceptors (Lipinski definition) is 4. The summed E-state index contributed by atoms with van der Waals surface area (Å²) >= 11 is 6.34. The van der Waals surface area contributed by atoms with E-state index in [4.69, 9.17) is 21.1 Å². The number of rotatable bonds is 10. The van der Waals surface area contributed by atoms with Crippen LogP contribution in [0.3, 0.4) is 0 Å². The zero-order valence-electron chi connectivity index (χ0n) is 23.7. The number of esters is 1. The fourth-order valence-corrected chi connectivity index (χ4v) is 4.84. The van der Waals surface area contributed by atoms with E-state index in [1.54, 1.807) is 0 Å². The second-order valence-corrected chi connectivity index (χ2v) is 10.8. The minimum absolute atomic E-state index is 0.215. The number of unbranched alkanes of at least 4 members (excludes halogenated alkanes) is 2. The lowest BCUT2D eigenvalue weighted by Gasteiger charge is -2.28. The first kappa shape index (κ1) is 30.8. The van der Waals surface area contributed by atoms with Crippen molar-refractivity contribution in [3.05, 3.63) is 70.8 Å². The molecular weight excluding hydrogens is 482 g/mol. The highest BCUT2D eigenvalue weighted by molar-refractivity contribution is 6.30. The molecule has 0 amide bonds. The number of carbonyl (C=O) groups excluding carboxylic acids is 1. The summed E-state index contributed by atoms with van der Waals surface area (Å²) in [6.07, 6.45) is 7.47. The summed E-state index contributed by atoms with van der Waals surface area (Å²) in [7, 11) is 0. The van der Waals surface area contributed by atoms with Gasteiger partial charge in [0.1, 0.15) is 11.4 Å². The molecule has 1 aliphatic heterocycles. The van der Waals surface area contributed by atoms with E-state index in [-0.39, 0.29) is 18.3 Å². The molecule has 3 rings (SSSR count). The Bertz CT molecular complexity index is 1010. The molecule has 1 aliphatic rings. The first-order valence-electron chi connectivity index (χ1n) is 13.8. The molecule has 2 aromatic carbocycles. The summed E-state index contributed by atoms with van der Waals surface area (Å²) in [5.41, 5.74) is 4.11. The predicted octanol–water partition coefficient (Wildman–Crippen LogP) is 8.54. The van der Waals surface area contributed by atoms with E-state index >= 15 is 0 Å². The van der Waals surface area contributed by atoms with Crippen LogP contribution in [0.4, 0.5) is 5.69 Å². The van der Waals surface area contributed by atoms with Gasteiger partial charge in [0.2, 0.25) is 0 Å². The van der Waals surface area contributed by atoms with Crippen LogP contribution in [0.5, 0.6) is 5.75 Å². The number of allylic oxidation sites excluding steroid dienone is 1. The van der Waals surface area contributed by atoms with Crippen molar-refractivity contribution >= 4 is 23.3 Å². The molecule has 5 heteroatoms. The SMILES string of the molecule is C=CCCCCN1CC(c2ccc(Cl)cc2CCC)COc2ccc(CC(=O)OC(C)(C)C)cc21.CC. The van der Waals surface area contributed by atoms with Gasteiger partial charge in [-0.1, -0.05) is 57.0 Å². The average molecular weight is 528 g/mol. The molecule has 0 fully saturated rings. The first-order chi connectivity index (χ1) is 17.7. The Kier molecular flexibility index (Phi) is 12.5. The van der Waals surface area contributed by atoms with Crippen molar-refractivity contribution in [1.82, 2.24) is 0 Å². The Morgan fingerprint density at radius 1 is 1.19 bits per heavy atom. The molecule has 1 heterocycles. The van der Waals surface area contributed by atoms with Crippen LogP contribution < -0.4 is 9.64 Å². The number of hydrogen-bond donors (Lipinski definition) is 0. The Hall–Kier alpha value is -2.46. The minimum atomic E-state index is -0.495. The third-order valence-electron chi connectivity index (χ3n) is 6.16. The van der Waals surface area contributed by atoms with E-state index in [9.17, 15) is 4.79 Å². The van der Waals surface area contributed by atoms with E-state index in [1.807, 2.05) is 58.9 Å². The van der Waals surface area contributed by atoms with E-state index in [0.29, 0.717) is 6.61 Å². The molecule has 2 aromatic rings. The Morgan fingerprint density at radius 2 is 1.95 bits per heavy atom. The zero-order chi connectivity index (χ0) is 27.4. The number of fused-ring (bicyclic) bond motifs is 1. The van der Waals surface area contributed by atoms with Crippen molar-refractivity contribution in [3.63, 3.8) is 0 Å². The molecule has 0 saturated carbocycles. The normalized spacial score (nSPS) is 15.0. The lowest BCUT2D eigenvalue weighted by Crippen LogP contribution is -2.30. The molecule has 204 valence electrons. The van der Waals surface area contributed by atoms with Crippen molar-refractivity contribution in [1.29, 1.82) is 0 Å². The van der Waals surface area contributed by atoms with Crippen LogP contribution >= 0.6 is 11.6 Å². The fraction of sp³-hybridized carbons (Fsp3) is 0.531. The third-order valence-corrected chi connectivity index (χ3v) is 6.40. The molecule has 0 aliphatic carbocycles. The quantitative estimate of drug-likeness (QED) is 0.176. The number of ether oxygens (including phenoxy) is 2. The molecule has 37 heavy (non-hydrogen) atoms. The molecule has 0 bridgehead atoms. The van der Waals surface area contributed by atoms with Crippen LogP contribution in [0.1, 0.15) is 89.8 Å². The molecule has 0 aromatic heterocycles. The highest BCUT2D eigenvalue weighted by atomic mass is 35.5. The van der Waals surface area contributed by atoms with Gasteiger partial charge < -0.3 is 14.4 Å². The van der Waals surface area contributed by atoms with Crippen LogP contribution in [-0.2, 0) is 22.4 Å². The monoisotopic (exact) mass is 527 g/mol. The average Bonchev–Trinajstić information content (AvgIpc) is 3.02. The van der Waals surface area contributed by atoms with Crippen molar-refractivity contribution in [2.75, 3.05) is 24.6 Å². The maximum absolute atomic E-state index is 12.5. The maximum atomic E-state index is 12.5. The largest absolute Gasteiger partial charge is 0.491 e. The minimum Gasteiger partial charge on any atom is -0.491 e. The van der Waals surface area contributed by atoms with Gasteiger partial charge in [0.15, 0.2) is 0 Å². The van der Waals surface area contributed by atoms with Crippen molar-refractivity contribution < 1.29 is 14.3 Å². The van der Waals surface area contributed by atoms with E-state index < -0.39 is 5.60 Å². The van der Waals surface area contributed by atoms with Crippen LogP contribution in [0.25, 0.3) is 0 Å². The van der Waals surface area contributed by atoms with Gasteiger partial charge in [0.25, 0.3) is 0 Å². The first-order valence-corrected chi connectivity index (χ1v) is 14.2. The highest BCUT2D eigenvalue weighted by Crippen LogP contribution is 2.37. The standard InChI is InChI=1S/C30H40ClNO3.C2H6/c1-6-8-9-10-16-32-20-24(26-14-13-25(31)19-23(26)11-7-2)21-34-28-15-12-22(17-27(28)32)18-29(33)35-30(3,4)5;1-2/h6,12-15,17,19,24H,1,7-11,16,18,20-21H2,2-5H3;1-2H3. The van der Waals surface area contributed by atoms with E-state index in [0.717, 1.165) is 67.2 Å². The lowest BCUT2D eigenvalue weighted by atomic mass is 9.92. The van der Waals surface area contributed by atoms with Gasteiger partial charge in [-0.25, -0.2) is 0 Å². The van der Waals surface area contributed by atoms with Gasteiger partial charge in [-0.3, -0.25) is 4.79 Å². The van der Waals surface area contributed by atoms with Gasteiger partial charge in [-0.15, -0.1) is 6.58 Å². The van der Waals surface area contributed by atoms with Gasteiger partial charge in [-0.2, -0.15) is 0 Å². The van der Waals surface area contributed by atoms with Crippen LogP contribution in [0.15, 0.2) is 49.1 Å². The second kappa shape index (κ2) is 15.1. The summed E-state index contributed by atoms with van der Waals surface area (Å²) in [6.45, 7) is 18.1. The molecule has 4 nitrogen and oxygen atoms in total. The fourth-order valence-electron chi connectivity index (χ4n) is 4.64. The van der Waals surface area contributed by atoms with Crippen molar-refractivity contribution in [2.24, 2.45) is 0 Å². The van der Waals surface area contributed by atoms with Crippen LogP contribution in [-0.4, -0.2) is 31.3 Å². The van der Waals surface area contributed by atoms with Gasteiger partial charge in [-0.05, 0) is 87.4 Å². The number of aryl methyl sites for hydroxylation is 1. The van der Waals surface area contributed by atoms with Gasteiger partial charge in [0.05, 0.1) is 18.7 Å². The molecule has 0 N–H and O–H groups in total. The van der Waals surface area contributed by atoms with Gasteiger partial charge >= 0.3 is 5.97 Å². The summed E-state index contributed by atoms with van der Waals surface area (Å²) < 4.78 is 11.9. The summed E-state index contributed by atoms with van der Waals surface area (Å²) in [4.78, 5) is 14.9. The van der Waals surface area contributed by atoms with Crippen molar-refractivity contribution in [3.8, 4) is 5.75 Å². The Labute approximate surface area is 230 Å². The Morgan fingerprint density at radius 3 is 2.62 bits per heavy atom. The van der Waals surface area contributed by atoms with E-state index in [1.165, 1.54) is 11.1 Å². The second-order valence-electron chi connectivity index (χ2n) is 10.4. The van der Waals surface area contributed by atoms with E-state index in [2.05, 4.69) is 36.6 Å². The maximum Gasteiger partial charge on any atom is 0.310 e. The molecule has 0 saturated heterocycles. The lowest BCUT2D eigenvalue weighted by molar-refractivity contribution is -0.153. The third kappa shape index (κ3) is 9.74. The molecular formula is C32H46ClNO3. The molecule has 0 spiro atoms. The van der Waals surface area contributed by atoms with Crippen LogP contribution in [0.2, 0.25) is 5.02 Å². The highest BCUT2D eigenvalue weighted by Gasteiger charge is 2.26. The number of halogens is 1. The summed E-state index contributed by atoms with van der Waals surface area (Å²) in [5, 5.41) is 0.781. The Balaban J connectivity index is 0.00000235. The smallest absolute Gasteiger partial charge is 0.310 e. The number of carbonyl (C=O) groups is 1. The summed E-state index contributed by atoms with van der Waals surface area (Å²) in [5.74, 6) is 0.887. The molecule has 1 unspecified atom stereocenters. The van der Waals surface area contributed by atoms with Crippen LogP contribution in [0, 0.1) is 0 Å². The summed E-state index contributed by atoms with van der Waals surface area (Å²) in [6, 6.07) is 12.3.